The average Bonchev–Trinajstić information content (AvgIpc) is 3.15. The highest BCUT2D eigenvalue weighted by atomic mass is 32.1. The fourth-order valence-electron chi connectivity index (χ4n) is 2.77. The lowest BCUT2D eigenvalue weighted by atomic mass is 10.1. The molecular formula is C17H20N2OS. The number of fused-ring (bicyclic) bond motifs is 1. The van der Waals surface area contributed by atoms with Crippen LogP contribution in [-0.4, -0.2) is 31.4 Å². The summed E-state index contributed by atoms with van der Waals surface area (Å²) in [6, 6.07) is 10.3. The van der Waals surface area contributed by atoms with Gasteiger partial charge >= 0.3 is 0 Å². The minimum Gasteiger partial charge on any atom is -0.374 e. The van der Waals surface area contributed by atoms with Crippen molar-refractivity contribution in [3.8, 4) is 0 Å². The molecule has 1 aromatic heterocycles. The monoisotopic (exact) mass is 300 g/mol. The van der Waals surface area contributed by atoms with E-state index in [1.54, 1.807) is 11.3 Å². The number of anilines is 1. The lowest BCUT2D eigenvalue weighted by Crippen LogP contribution is -2.29. The lowest BCUT2D eigenvalue weighted by Gasteiger charge is -2.24. The molecule has 0 aliphatic carbocycles. The summed E-state index contributed by atoms with van der Waals surface area (Å²) in [5, 5.41) is 2.05. The zero-order valence-corrected chi connectivity index (χ0v) is 13.5. The summed E-state index contributed by atoms with van der Waals surface area (Å²) in [5.74, 6) is 0.0824. The quantitative estimate of drug-likeness (QED) is 0.865. The molecule has 3 rings (SSSR count). The van der Waals surface area contributed by atoms with E-state index in [0.29, 0.717) is 0 Å². The number of benzene rings is 1. The van der Waals surface area contributed by atoms with Crippen LogP contribution in [0.3, 0.4) is 0 Å². The van der Waals surface area contributed by atoms with E-state index >= 15 is 0 Å². The molecule has 0 saturated carbocycles. The van der Waals surface area contributed by atoms with Gasteiger partial charge in [0.15, 0.2) is 0 Å². The van der Waals surface area contributed by atoms with Crippen molar-refractivity contribution in [3.63, 3.8) is 0 Å². The maximum Gasteiger partial charge on any atom is 0.254 e. The highest BCUT2D eigenvalue weighted by molar-refractivity contribution is 7.10. The summed E-state index contributed by atoms with van der Waals surface area (Å²) in [4.78, 5) is 18.0. The van der Waals surface area contributed by atoms with E-state index in [1.807, 2.05) is 30.1 Å². The minimum atomic E-state index is 0.0824. The number of likely N-dealkylation sites (N-methyl/N-ethyl adjacent to an activating group) is 1. The number of thiophene rings is 1. The average molecular weight is 300 g/mol. The Morgan fingerprint density at radius 1 is 1.38 bits per heavy atom. The van der Waals surface area contributed by atoms with Crippen LogP contribution < -0.4 is 4.90 Å². The van der Waals surface area contributed by atoms with Crippen LogP contribution in [0.5, 0.6) is 0 Å². The molecule has 0 saturated heterocycles. The zero-order valence-electron chi connectivity index (χ0n) is 12.7. The molecule has 1 aromatic carbocycles. The topological polar surface area (TPSA) is 23.6 Å². The molecule has 0 radical (unpaired) electrons. The van der Waals surface area contributed by atoms with Crippen LogP contribution >= 0.6 is 11.3 Å². The van der Waals surface area contributed by atoms with E-state index < -0.39 is 0 Å². The first-order chi connectivity index (χ1) is 10.1. The Balaban J connectivity index is 1.84. The highest BCUT2D eigenvalue weighted by Crippen LogP contribution is 2.29. The Morgan fingerprint density at radius 3 is 2.90 bits per heavy atom. The van der Waals surface area contributed by atoms with E-state index in [1.165, 1.54) is 16.1 Å². The first kappa shape index (κ1) is 14.1. The molecule has 0 N–H and O–H groups in total. The number of hydrogen-bond acceptors (Lipinski definition) is 3. The number of nitrogens with zero attached hydrogens (tertiary/aromatic N) is 2. The van der Waals surface area contributed by atoms with Crippen molar-refractivity contribution in [2.45, 2.75) is 19.4 Å². The Kier molecular flexibility index (Phi) is 3.72. The van der Waals surface area contributed by atoms with Crippen LogP contribution in [0.15, 0.2) is 35.7 Å². The smallest absolute Gasteiger partial charge is 0.254 e. The Labute approximate surface area is 129 Å². The van der Waals surface area contributed by atoms with Crippen LogP contribution in [0.4, 0.5) is 5.69 Å². The third kappa shape index (κ3) is 2.56. The first-order valence-corrected chi connectivity index (χ1v) is 8.10. The van der Waals surface area contributed by atoms with Gasteiger partial charge in [0.1, 0.15) is 0 Å². The van der Waals surface area contributed by atoms with Gasteiger partial charge in [-0.1, -0.05) is 12.1 Å². The van der Waals surface area contributed by atoms with Gasteiger partial charge in [0.2, 0.25) is 0 Å². The predicted octanol–water partition coefficient (Wildman–Crippen LogP) is 3.57. The van der Waals surface area contributed by atoms with Crippen molar-refractivity contribution >= 4 is 22.9 Å². The van der Waals surface area contributed by atoms with E-state index in [-0.39, 0.29) is 11.9 Å². The molecule has 1 aliphatic rings. The summed E-state index contributed by atoms with van der Waals surface area (Å²) >= 11 is 1.69. The minimum absolute atomic E-state index is 0.0824. The van der Waals surface area contributed by atoms with Crippen LogP contribution in [0.25, 0.3) is 0 Å². The largest absolute Gasteiger partial charge is 0.374 e. The molecule has 1 aliphatic heterocycles. The normalized spacial score (nSPS) is 14.9. The van der Waals surface area contributed by atoms with Crippen molar-refractivity contribution in [2.24, 2.45) is 0 Å². The van der Waals surface area contributed by atoms with Crippen molar-refractivity contribution < 1.29 is 4.79 Å². The number of hydrogen-bond donors (Lipinski definition) is 0. The summed E-state index contributed by atoms with van der Waals surface area (Å²) in [6.07, 6.45) is 1.07. The van der Waals surface area contributed by atoms with Crippen LogP contribution in [0, 0.1) is 0 Å². The molecule has 2 heterocycles. The zero-order chi connectivity index (χ0) is 15.0. The molecular weight excluding hydrogens is 280 g/mol. The second-order valence-electron chi connectivity index (χ2n) is 5.62. The van der Waals surface area contributed by atoms with Gasteiger partial charge in [0, 0.05) is 36.8 Å². The van der Waals surface area contributed by atoms with Crippen LogP contribution in [0.1, 0.15) is 33.8 Å². The van der Waals surface area contributed by atoms with Gasteiger partial charge < -0.3 is 9.80 Å². The summed E-state index contributed by atoms with van der Waals surface area (Å²) in [7, 11) is 3.96. The van der Waals surface area contributed by atoms with E-state index in [4.69, 9.17) is 0 Å². The first-order valence-electron chi connectivity index (χ1n) is 7.22. The van der Waals surface area contributed by atoms with Gasteiger partial charge in [-0.2, -0.15) is 0 Å². The molecule has 1 amide bonds. The van der Waals surface area contributed by atoms with Gasteiger partial charge in [0.25, 0.3) is 5.91 Å². The van der Waals surface area contributed by atoms with Gasteiger partial charge in [-0.05, 0) is 42.5 Å². The Morgan fingerprint density at radius 2 is 2.19 bits per heavy atom. The van der Waals surface area contributed by atoms with E-state index in [2.05, 4.69) is 36.4 Å². The SMILES string of the molecule is C[C@@H](c1cccs1)N(C)C(=O)c1ccc2c(c1)N(C)CC2. The van der Waals surface area contributed by atoms with E-state index in [0.717, 1.165) is 18.5 Å². The number of carbonyl (C=O) groups is 1. The molecule has 1 atom stereocenters. The van der Waals surface area contributed by atoms with Gasteiger partial charge in [-0.15, -0.1) is 11.3 Å². The van der Waals surface area contributed by atoms with Gasteiger partial charge in [-0.3, -0.25) is 4.79 Å². The fourth-order valence-corrected chi connectivity index (χ4v) is 3.60. The second-order valence-corrected chi connectivity index (χ2v) is 6.60. The number of carbonyl (C=O) groups excluding carboxylic acids is 1. The van der Waals surface area contributed by atoms with Crippen LogP contribution in [0.2, 0.25) is 0 Å². The predicted molar refractivity (Wildman–Crippen MR) is 88.2 cm³/mol. The van der Waals surface area contributed by atoms with Crippen molar-refractivity contribution in [1.82, 2.24) is 4.90 Å². The van der Waals surface area contributed by atoms with Crippen molar-refractivity contribution in [1.29, 1.82) is 0 Å². The molecule has 0 fully saturated rings. The maximum absolute atomic E-state index is 12.7. The standard InChI is InChI=1S/C17H20N2OS/c1-12(16-5-4-10-21-16)19(3)17(20)14-7-6-13-8-9-18(2)15(13)11-14/h4-7,10-12H,8-9H2,1-3H3/t12-/m0/s1. The maximum atomic E-state index is 12.7. The Bertz CT molecular complexity index is 651. The summed E-state index contributed by atoms with van der Waals surface area (Å²) < 4.78 is 0. The van der Waals surface area contributed by atoms with Gasteiger partial charge in [0.05, 0.1) is 6.04 Å². The van der Waals surface area contributed by atoms with Crippen molar-refractivity contribution in [2.75, 3.05) is 25.5 Å². The van der Waals surface area contributed by atoms with Crippen molar-refractivity contribution in [3.05, 3.63) is 51.7 Å². The van der Waals surface area contributed by atoms with E-state index in [9.17, 15) is 4.79 Å². The number of rotatable bonds is 3. The third-order valence-corrected chi connectivity index (χ3v) is 5.36. The molecule has 0 unspecified atom stereocenters. The molecule has 2 aromatic rings. The van der Waals surface area contributed by atoms with Crippen LogP contribution in [-0.2, 0) is 6.42 Å². The lowest BCUT2D eigenvalue weighted by molar-refractivity contribution is 0.0745. The Hall–Kier alpha value is -1.81. The molecule has 110 valence electrons. The number of amides is 1. The molecule has 3 nitrogen and oxygen atoms in total. The summed E-state index contributed by atoms with van der Waals surface area (Å²) in [5.41, 5.74) is 3.30. The highest BCUT2D eigenvalue weighted by Gasteiger charge is 2.22. The molecule has 21 heavy (non-hydrogen) atoms. The van der Waals surface area contributed by atoms with Gasteiger partial charge in [-0.25, -0.2) is 0 Å². The second kappa shape index (κ2) is 5.53. The fraction of sp³-hybridized carbons (Fsp3) is 0.353. The molecule has 4 heteroatoms. The molecule has 0 spiro atoms. The third-order valence-electron chi connectivity index (χ3n) is 4.32. The summed E-state index contributed by atoms with van der Waals surface area (Å²) in [6.45, 7) is 3.11. The molecule has 0 bridgehead atoms.